The topological polar surface area (TPSA) is 41.9 Å². The van der Waals surface area contributed by atoms with Crippen LogP contribution in [0.25, 0.3) is 44.9 Å². The maximum absolute atomic E-state index is 5.23. The molecule has 0 aliphatic heterocycles. The molecule has 0 saturated carbocycles. The lowest BCUT2D eigenvalue weighted by atomic mass is 9.99. The lowest BCUT2D eigenvalue weighted by Gasteiger charge is -2.26. The van der Waals surface area contributed by atoms with E-state index in [0.29, 0.717) is 0 Å². The fourth-order valence-corrected chi connectivity index (χ4v) is 5.28. The van der Waals surface area contributed by atoms with Crippen LogP contribution in [-0.4, -0.2) is 15.0 Å². The molecule has 0 radical (unpaired) electrons. The number of para-hydroxylation sites is 1. The predicted octanol–water partition coefficient (Wildman–Crippen LogP) is 10.0. The first-order chi connectivity index (χ1) is 21.3. The monoisotopic (exact) mass is 552 g/mol. The van der Waals surface area contributed by atoms with Crippen LogP contribution >= 0.6 is 0 Å². The maximum Gasteiger partial charge on any atom is 0.138 e. The third-order valence-corrected chi connectivity index (χ3v) is 7.33. The Balaban J connectivity index is 1.49. The molecular weight excluding hydrogens is 524 g/mol. The van der Waals surface area contributed by atoms with Crippen molar-refractivity contribution in [2.24, 2.45) is 0 Å². The first-order valence-corrected chi connectivity index (χ1v) is 14.3. The van der Waals surface area contributed by atoms with Gasteiger partial charge >= 0.3 is 0 Å². The van der Waals surface area contributed by atoms with Gasteiger partial charge in [-0.3, -0.25) is 14.9 Å². The molecule has 0 spiro atoms. The van der Waals surface area contributed by atoms with E-state index in [1.165, 1.54) is 0 Å². The van der Waals surface area contributed by atoms with E-state index in [1.54, 1.807) is 0 Å². The van der Waals surface area contributed by atoms with Crippen LogP contribution in [0.3, 0.4) is 0 Å². The molecule has 4 heteroatoms. The molecule has 0 atom stereocenters. The van der Waals surface area contributed by atoms with Gasteiger partial charge in [0.25, 0.3) is 0 Å². The summed E-state index contributed by atoms with van der Waals surface area (Å²) in [5.41, 5.74) is 9.97. The van der Waals surface area contributed by atoms with Gasteiger partial charge in [0.15, 0.2) is 0 Å². The average Bonchev–Trinajstić information content (AvgIpc) is 3.10. The molecule has 7 aromatic rings. The van der Waals surface area contributed by atoms with Gasteiger partial charge in [0, 0.05) is 29.3 Å². The van der Waals surface area contributed by atoms with Crippen LogP contribution in [-0.2, 0) is 0 Å². The molecule has 3 aromatic heterocycles. The molecule has 43 heavy (non-hydrogen) atoms. The van der Waals surface area contributed by atoms with Gasteiger partial charge in [-0.2, -0.15) is 0 Å². The minimum absolute atomic E-state index is 0.797. The lowest BCUT2D eigenvalue weighted by molar-refractivity contribution is 1.17. The lowest BCUT2D eigenvalue weighted by Crippen LogP contribution is -2.12. The van der Waals surface area contributed by atoms with E-state index in [4.69, 9.17) is 9.97 Å². The van der Waals surface area contributed by atoms with Crippen molar-refractivity contribution >= 4 is 17.2 Å². The third-order valence-electron chi connectivity index (χ3n) is 7.33. The first-order valence-electron chi connectivity index (χ1n) is 14.3. The van der Waals surface area contributed by atoms with Crippen LogP contribution in [0.5, 0.6) is 0 Å². The SMILES string of the molecule is c1ccc(-c2cc(-c3ccccn3)cc(N(c3ccccc3)c3cc(-c4ccccc4)cc(-c4ccccn4)n3)c2)cc1. The van der Waals surface area contributed by atoms with Crippen molar-refractivity contribution in [1.82, 2.24) is 15.0 Å². The van der Waals surface area contributed by atoms with Crippen LogP contribution in [0.4, 0.5) is 17.2 Å². The number of benzene rings is 4. The summed E-state index contributed by atoms with van der Waals surface area (Å²) in [6, 6.07) is 54.1. The standard InChI is InChI=1S/C39H28N4/c1-4-14-29(15-5-1)31-24-33(36-20-10-12-22-40-36)26-35(25-31)43(34-18-8-3-9-19-34)39-28-32(30-16-6-2-7-17-30)27-38(42-39)37-21-11-13-23-41-37/h1-28H. The normalized spacial score (nSPS) is 10.8. The quantitative estimate of drug-likeness (QED) is 0.197. The summed E-state index contributed by atoms with van der Waals surface area (Å²) in [7, 11) is 0. The van der Waals surface area contributed by atoms with Gasteiger partial charge in [0.2, 0.25) is 0 Å². The van der Waals surface area contributed by atoms with Crippen molar-refractivity contribution in [3.8, 4) is 44.9 Å². The van der Waals surface area contributed by atoms with Crippen molar-refractivity contribution in [3.05, 3.63) is 170 Å². The molecule has 0 aliphatic rings. The average molecular weight is 553 g/mol. The molecule has 3 heterocycles. The smallest absolute Gasteiger partial charge is 0.138 e. The highest BCUT2D eigenvalue weighted by atomic mass is 15.2. The minimum Gasteiger partial charge on any atom is -0.295 e. The molecule has 4 aromatic carbocycles. The highest BCUT2D eigenvalue weighted by Gasteiger charge is 2.19. The molecular formula is C39H28N4. The molecule has 0 bridgehead atoms. The minimum atomic E-state index is 0.797. The summed E-state index contributed by atoms with van der Waals surface area (Å²) in [4.78, 5) is 16.8. The van der Waals surface area contributed by atoms with Gasteiger partial charge in [-0.05, 0) is 89.0 Å². The van der Waals surface area contributed by atoms with E-state index in [9.17, 15) is 0 Å². The molecule has 204 valence electrons. The van der Waals surface area contributed by atoms with E-state index in [-0.39, 0.29) is 0 Å². The van der Waals surface area contributed by atoms with E-state index < -0.39 is 0 Å². The Kier molecular flexibility index (Phi) is 7.23. The number of hydrogen-bond acceptors (Lipinski definition) is 4. The van der Waals surface area contributed by atoms with Crippen LogP contribution in [0, 0.1) is 0 Å². The van der Waals surface area contributed by atoms with Crippen LogP contribution in [0.1, 0.15) is 0 Å². The van der Waals surface area contributed by atoms with Crippen molar-refractivity contribution in [2.75, 3.05) is 4.90 Å². The fourth-order valence-electron chi connectivity index (χ4n) is 5.28. The molecule has 4 nitrogen and oxygen atoms in total. The summed E-state index contributed by atoms with van der Waals surface area (Å²) >= 11 is 0. The van der Waals surface area contributed by atoms with Gasteiger partial charge in [-0.15, -0.1) is 0 Å². The number of aromatic nitrogens is 3. The number of anilines is 3. The Morgan fingerprint density at radius 1 is 0.349 bits per heavy atom. The Hall–Kier alpha value is -5.87. The number of rotatable bonds is 7. The third kappa shape index (κ3) is 5.67. The molecule has 0 fully saturated rings. The van der Waals surface area contributed by atoms with Crippen LogP contribution in [0.15, 0.2) is 170 Å². The summed E-state index contributed by atoms with van der Waals surface area (Å²) in [6.07, 6.45) is 3.65. The molecule has 0 aliphatic carbocycles. The summed E-state index contributed by atoms with van der Waals surface area (Å²) in [5.74, 6) is 0.797. The highest BCUT2D eigenvalue weighted by molar-refractivity contribution is 5.85. The van der Waals surface area contributed by atoms with Crippen molar-refractivity contribution in [1.29, 1.82) is 0 Å². The second kappa shape index (κ2) is 11.9. The van der Waals surface area contributed by atoms with Crippen LogP contribution < -0.4 is 4.90 Å². The number of hydrogen-bond donors (Lipinski definition) is 0. The van der Waals surface area contributed by atoms with Crippen molar-refractivity contribution in [2.45, 2.75) is 0 Å². The Labute approximate surface area is 251 Å². The molecule has 0 saturated heterocycles. The second-order valence-electron chi connectivity index (χ2n) is 10.2. The summed E-state index contributed by atoms with van der Waals surface area (Å²) in [6.45, 7) is 0. The highest BCUT2D eigenvalue weighted by Crippen LogP contribution is 2.40. The van der Waals surface area contributed by atoms with E-state index in [2.05, 4.69) is 113 Å². The Morgan fingerprint density at radius 3 is 1.49 bits per heavy atom. The zero-order chi connectivity index (χ0) is 28.8. The fraction of sp³-hybridized carbons (Fsp3) is 0. The van der Waals surface area contributed by atoms with E-state index in [1.807, 2.05) is 67.0 Å². The van der Waals surface area contributed by atoms with Crippen molar-refractivity contribution < 1.29 is 0 Å². The molecule has 0 unspecified atom stereocenters. The number of nitrogens with zero attached hydrogens (tertiary/aromatic N) is 4. The largest absolute Gasteiger partial charge is 0.295 e. The van der Waals surface area contributed by atoms with Crippen molar-refractivity contribution in [3.63, 3.8) is 0 Å². The van der Waals surface area contributed by atoms with Gasteiger partial charge < -0.3 is 0 Å². The zero-order valence-electron chi connectivity index (χ0n) is 23.5. The zero-order valence-corrected chi connectivity index (χ0v) is 23.5. The predicted molar refractivity (Wildman–Crippen MR) is 176 cm³/mol. The molecule has 7 rings (SSSR count). The Morgan fingerprint density at radius 2 is 0.884 bits per heavy atom. The van der Waals surface area contributed by atoms with Gasteiger partial charge in [0.1, 0.15) is 5.82 Å². The molecule has 0 amide bonds. The van der Waals surface area contributed by atoms with E-state index >= 15 is 0 Å². The molecule has 0 N–H and O–H groups in total. The second-order valence-corrected chi connectivity index (χ2v) is 10.2. The van der Waals surface area contributed by atoms with Crippen LogP contribution in [0.2, 0.25) is 0 Å². The number of pyridine rings is 3. The summed E-state index contributed by atoms with van der Waals surface area (Å²) < 4.78 is 0. The Bertz CT molecular complexity index is 1700. The first kappa shape index (κ1) is 26.1. The summed E-state index contributed by atoms with van der Waals surface area (Å²) in [5, 5.41) is 0. The maximum atomic E-state index is 5.23. The van der Waals surface area contributed by atoms with Gasteiger partial charge in [-0.25, -0.2) is 4.98 Å². The van der Waals surface area contributed by atoms with E-state index in [0.717, 1.165) is 62.1 Å². The van der Waals surface area contributed by atoms with Gasteiger partial charge in [0.05, 0.1) is 17.1 Å². The van der Waals surface area contributed by atoms with Gasteiger partial charge in [-0.1, -0.05) is 91.0 Å².